The van der Waals surface area contributed by atoms with Gasteiger partial charge in [-0.1, -0.05) is 12.8 Å². The third kappa shape index (κ3) is 3.57. The maximum Gasteiger partial charge on any atom is 0.339 e. The predicted molar refractivity (Wildman–Crippen MR) is 103 cm³/mol. The fraction of sp³-hybridized carbons (Fsp3) is 0.550. The molecule has 30 heavy (non-hydrogen) atoms. The molecule has 1 atom stereocenters. The lowest BCUT2D eigenvalue weighted by molar-refractivity contribution is -0.150. The van der Waals surface area contributed by atoms with E-state index in [-0.39, 0.29) is 11.3 Å². The lowest BCUT2D eigenvalue weighted by atomic mass is 9.98. The molecule has 2 N–H and O–H groups in total. The van der Waals surface area contributed by atoms with E-state index in [1.54, 1.807) is 13.8 Å². The summed E-state index contributed by atoms with van der Waals surface area (Å²) in [6.07, 6.45) is 1.58. The van der Waals surface area contributed by atoms with Crippen LogP contribution in [0.3, 0.4) is 0 Å². The number of nitrogens with one attached hydrogen (secondary N) is 2. The fourth-order valence-electron chi connectivity index (χ4n) is 4.16. The highest BCUT2D eigenvalue weighted by atomic mass is 16.5. The number of aryl methyl sites for hydroxylation is 1. The minimum Gasteiger partial charge on any atom is -0.465 e. The van der Waals surface area contributed by atoms with Crippen LogP contribution in [0.5, 0.6) is 0 Å². The molecule has 0 aromatic carbocycles. The first-order valence-corrected chi connectivity index (χ1v) is 9.76. The Balaban J connectivity index is 1.66. The van der Waals surface area contributed by atoms with Crippen LogP contribution in [0.4, 0.5) is 4.79 Å². The number of H-pyrrole nitrogens is 1. The van der Waals surface area contributed by atoms with Crippen molar-refractivity contribution in [3.63, 3.8) is 0 Å². The van der Waals surface area contributed by atoms with Gasteiger partial charge >= 0.3 is 18.0 Å². The van der Waals surface area contributed by atoms with Crippen molar-refractivity contribution in [1.82, 2.24) is 15.2 Å². The summed E-state index contributed by atoms with van der Waals surface area (Å²) in [4.78, 5) is 65.4. The van der Waals surface area contributed by atoms with Crippen molar-refractivity contribution in [1.29, 1.82) is 0 Å². The van der Waals surface area contributed by atoms with Crippen LogP contribution in [0.2, 0.25) is 0 Å². The molecular formula is C20H25N3O7. The van der Waals surface area contributed by atoms with Gasteiger partial charge in [0.15, 0.2) is 6.10 Å². The first-order valence-electron chi connectivity index (χ1n) is 9.76. The van der Waals surface area contributed by atoms with E-state index in [2.05, 4.69) is 10.3 Å². The third-order valence-corrected chi connectivity index (χ3v) is 5.74. The van der Waals surface area contributed by atoms with E-state index in [4.69, 9.17) is 9.47 Å². The molecule has 1 spiro atoms. The molecule has 10 nitrogen and oxygen atoms in total. The third-order valence-electron chi connectivity index (χ3n) is 5.74. The van der Waals surface area contributed by atoms with Crippen LogP contribution in [0.15, 0.2) is 0 Å². The number of hydrogen-bond acceptors (Lipinski definition) is 7. The van der Waals surface area contributed by atoms with Crippen molar-refractivity contribution in [2.45, 2.75) is 58.1 Å². The quantitative estimate of drug-likeness (QED) is 0.404. The zero-order valence-corrected chi connectivity index (χ0v) is 17.4. The Morgan fingerprint density at radius 1 is 1.17 bits per heavy atom. The van der Waals surface area contributed by atoms with Crippen LogP contribution < -0.4 is 5.32 Å². The Kier molecular flexibility index (Phi) is 5.69. The Morgan fingerprint density at radius 3 is 2.40 bits per heavy atom. The van der Waals surface area contributed by atoms with Gasteiger partial charge in [-0.05, 0) is 39.2 Å². The van der Waals surface area contributed by atoms with Gasteiger partial charge in [0.25, 0.3) is 5.91 Å². The standard InChI is InChI=1S/C20H25N3O7/c1-10-14(17(26)29-4)11(2)21-15(10)16(25)12(3)30-13(24)9-23-18(27)20(22-19(23)28)7-5-6-8-20/h12,21H,5-9H2,1-4H3,(H,22,28)/t12-/m0/s1. The van der Waals surface area contributed by atoms with E-state index in [0.29, 0.717) is 24.1 Å². The van der Waals surface area contributed by atoms with Crippen LogP contribution in [0, 0.1) is 13.8 Å². The maximum absolute atomic E-state index is 12.7. The van der Waals surface area contributed by atoms with Crippen molar-refractivity contribution in [3.8, 4) is 0 Å². The number of carbonyl (C=O) groups excluding carboxylic acids is 5. The summed E-state index contributed by atoms with van der Waals surface area (Å²) in [5.74, 6) is -2.42. The summed E-state index contributed by atoms with van der Waals surface area (Å²) in [5, 5.41) is 2.68. The van der Waals surface area contributed by atoms with Crippen molar-refractivity contribution in [3.05, 3.63) is 22.5 Å². The van der Waals surface area contributed by atoms with Gasteiger partial charge in [0.05, 0.1) is 18.4 Å². The lowest BCUT2D eigenvalue weighted by Crippen LogP contribution is -2.44. The number of carbonyl (C=O) groups is 5. The highest BCUT2D eigenvalue weighted by Crippen LogP contribution is 2.35. The molecule has 2 aliphatic rings. The van der Waals surface area contributed by atoms with E-state index in [0.717, 1.165) is 17.7 Å². The molecule has 1 aromatic rings. The van der Waals surface area contributed by atoms with Crippen LogP contribution in [-0.2, 0) is 19.1 Å². The highest BCUT2D eigenvalue weighted by Gasteiger charge is 2.52. The second-order valence-corrected chi connectivity index (χ2v) is 7.72. The Bertz CT molecular complexity index is 927. The van der Waals surface area contributed by atoms with Crippen LogP contribution >= 0.6 is 0 Å². The van der Waals surface area contributed by atoms with Gasteiger partial charge in [-0.2, -0.15) is 0 Å². The molecule has 0 unspecified atom stereocenters. The summed E-state index contributed by atoms with van der Waals surface area (Å²) < 4.78 is 9.89. The number of amides is 3. The van der Waals surface area contributed by atoms with Gasteiger partial charge < -0.3 is 19.8 Å². The average molecular weight is 419 g/mol. The molecule has 3 amide bonds. The first kappa shape index (κ1) is 21.5. The number of nitrogens with zero attached hydrogens (tertiary/aromatic N) is 1. The van der Waals surface area contributed by atoms with Crippen molar-refractivity contribution in [2.75, 3.05) is 13.7 Å². The van der Waals surface area contributed by atoms with Crippen molar-refractivity contribution < 1.29 is 33.4 Å². The lowest BCUT2D eigenvalue weighted by Gasteiger charge is -2.20. The van der Waals surface area contributed by atoms with Gasteiger partial charge in [0.1, 0.15) is 12.1 Å². The number of rotatable bonds is 6. The SMILES string of the molecule is COC(=O)c1c(C)[nH]c(C(=O)[C@H](C)OC(=O)CN2C(=O)NC3(CCCC3)C2=O)c1C. The number of Topliss-reactive ketones (excluding diaryl/α,β-unsaturated/α-hetero) is 1. The molecule has 2 heterocycles. The van der Waals surface area contributed by atoms with E-state index in [9.17, 15) is 24.0 Å². The van der Waals surface area contributed by atoms with E-state index in [1.165, 1.54) is 14.0 Å². The van der Waals surface area contributed by atoms with Crippen LogP contribution in [0.1, 0.15) is 64.7 Å². The monoisotopic (exact) mass is 419 g/mol. The number of hydrogen-bond donors (Lipinski definition) is 2. The van der Waals surface area contributed by atoms with Crippen LogP contribution in [-0.4, -0.2) is 64.8 Å². The van der Waals surface area contributed by atoms with Crippen molar-refractivity contribution >= 4 is 29.7 Å². The number of urea groups is 1. The predicted octanol–water partition coefficient (Wildman–Crippen LogP) is 1.40. The number of ether oxygens (including phenoxy) is 2. The van der Waals surface area contributed by atoms with Gasteiger partial charge in [0, 0.05) is 5.69 Å². The summed E-state index contributed by atoms with van der Waals surface area (Å²) in [7, 11) is 1.24. The minimum absolute atomic E-state index is 0.133. The average Bonchev–Trinajstić information content (AvgIpc) is 3.34. The number of methoxy groups -OCH3 is 1. The number of esters is 2. The Morgan fingerprint density at radius 2 is 1.80 bits per heavy atom. The van der Waals surface area contributed by atoms with E-state index < -0.39 is 47.8 Å². The molecular weight excluding hydrogens is 394 g/mol. The molecule has 0 bridgehead atoms. The number of imide groups is 1. The van der Waals surface area contributed by atoms with Gasteiger partial charge in [-0.3, -0.25) is 19.3 Å². The second-order valence-electron chi connectivity index (χ2n) is 7.72. The van der Waals surface area contributed by atoms with Gasteiger partial charge in [0.2, 0.25) is 5.78 Å². The molecule has 3 rings (SSSR count). The molecule has 162 valence electrons. The van der Waals surface area contributed by atoms with Crippen LogP contribution in [0.25, 0.3) is 0 Å². The van der Waals surface area contributed by atoms with Gasteiger partial charge in [-0.25, -0.2) is 9.59 Å². The Labute approximate surface area is 173 Å². The zero-order valence-electron chi connectivity index (χ0n) is 17.4. The van der Waals surface area contributed by atoms with Crippen molar-refractivity contribution in [2.24, 2.45) is 0 Å². The smallest absolute Gasteiger partial charge is 0.339 e. The molecule has 10 heteroatoms. The van der Waals surface area contributed by atoms with Gasteiger partial charge in [-0.15, -0.1) is 0 Å². The number of aromatic nitrogens is 1. The number of aromatic amines is 1. The largest absolute Gasteiger partial charge is 0.465 e. The molecule has 1 aliphatic heterocycles. The maximum atomic E-state index is 12.7. The highest BCUT2D eigenvalue weighted by molar-refractivity contribution is 6.09. The van der Waals surface area contributed by atoms with E-state index >= 15 is 0 Å². The summed E-state index contributed by atoms with van der Waals surface area (Å²) in [5.41, 5.74) is 0.322. The Hall–Kier alpha value is -3.17. The second kappa shape index (κ2) is 7.92. The normalized spacial score (nSPS) is 18.5. The fourth-order valence-corrected chi connectivity index (χ4v) is 4.16. The molecule has 1 aromatic heterocycles. The first-order chi connectivity index (χ1) is 14.1. The van der Waals surface area contributed by atoms with E-state index in [1.807, 2.05) is 0 Å². The summed E-state index contributed by atoms with van der Waals surface area (Å²) >= 11 is 0. The topological polar surface area (TPSA) is 135 Å². The summed E-state index contributed by atoms with van der Waals surface area (Å²) in [6.45, 7) is 4.03. The molecule has 2 fully saturated rings. The molecule has 1 saturated heterocycles. The molecule has 1 saturated carbocycles. The number of ketones is 1. The minimum atomic E-state index is -1.18. The summed E-state index contributed by atoms with van der Waals surface area (Å²) in [6, 6.07) is -0.628. The molecule has 1 aliphatic carbocycles. The molecule has 0 radical (unpaired) electrons. The zero-order chi connectivity index (χ0) is 22.2.